The third-order valence-corrected chi connectivity index (χ3v) is 2.65. The molecule has 0 fully saturated rings. The molecule has 1 N–H and O–H groups in total. The van der Waals surface area contributed by atoms with Gasteiger partial charge in [0.15, 0.2) is 0 Å². The zero-order valence-corrected chi connectivity index (χ0v) is 11.5. The molecule has 1 amide bonds. The van der Waals surface area contributed by atoms with E-state index in [1.54, 1.807) is 0 Å². The van der Waals surface area contributed by atoms with Gasteiger partial charge in [-0.1, -0.05) is 30.3 Å². The molecule has 0 saturated carbocycles. The number of amides is 1. The van der Waals surface area contributed by atoms with Crippen LogP contribution in [0.25, 0.3) is 0 Å². The van der Waals surface area contributed by atoms with E-state index >= 15 is 0 Å². The fourth-order valence-electron chi connectivity index (χ4n) is 1.78. The number of hydrogen-bond acceptors (Lipinski definition) is 2. The summed E-state index contributed by atoms with van der Waals surface area (Å²) < 4.78 is 5.04. The first kappa shape index (κ1) is 14.6. The third-order valence-electron chi connectivity index (χ3n) is 2.65. The van der Waals surface area contributed by atoms with Crippen LogP contribution in [0.5, 0.6) is 0 Å². The van der Waals surface area contributed by atoms with Crippen molar-refractivity contribution in [2.24, 2.45) is 0 Å². The predicted molar refractivity (Wildman–Crippen MR) is 73.6 cm³/mol. The maximum atomic E-state index is 11.4. The van der Waals surface area contributed by atoms with Gasteiger partial charge in [-0.25, -0.2) is 4.79 Å². The van der Waals surface area contributed by atoms with Gasteiger partial charge in [-0.05, 0) is 45.6 Å². The molecule has 1 unspecified atom stereocenters. The van der Waals surface area contributed by atoms with Crippen LogP contribution in [0.1, 0.15) is 39.2 Å². The summed E-state index contributed by atoms with van der Waals surface area (Å²) in [4.78, 5) is 11.4. The second-order valence-electron chi connectivity index (χ2n) is 4.88. The van der Waals surface area contributed by atoms with Crippen LogP contribution in [0.4, 0.5) is 4.79 Å². The van der Waals surface area contributed by atoms with Crippen molar-refractivity contribution < 1.29 is 9.53 Å². The van der Waals surface area contributed by atoms with Crippen LogP contribution in [0.3, 0.4) is 0 Å². The molecule has 1 aromatic rings. The summed E-state index contributed by atoms with van der Waals surface area (Å²) in [5, 5.41) is 2.84. The summed E-state index contributed by atoms with van der Waals surface area (Å²) in [5.41, 5.74) is 1.34. The van der Waals surface area contributed by atoms with Gasteiger partial charge in [-0.3, -0.25) is 0 Å². The van der Waals surface area contributed by atoms with Gasteiger partial charge in [-0.2, -0.15) is 0 Å². The highest BCUT2D eigenvalue weighted by atomic mass is 16.6. The van der Waals surface area contributed by atoms with Crippen LogP contribution < -0.4 is 5.32 Å². The minimum absolute atomic E-state index is 0.0680. The zero-order valence-electron chi connectivity index (χ0n) is 11.5. The second kappa shape index (κ2) is 7.75. The van der Waals surface area contributed by atoms with Crippen LogP contribution in [0.15, 0.2) is 30.3 Å². The van der Waals surface area contributed by atoms with E-state index < -0.39 is 0 Å². The van der Waals surface area contributed by atoms with Crippen LogP contribution in [0, 0.1) is 0 Å². The van der Waals surface area contributed by atoms with Crippen molar-refractivity contribution in [3.05, 3.63) is 35.9 Å². The minimum Gasteiger partial charge on any atom is -0.447 e. The van der Waals surface area contributed by atoms with Crippen LogP contribution in [0.2, 0.25) is 0 Å². The van der Waals surface area contributed by atoms with Crippen molar-refractivity contribution in [3.63, 3.8) is 0 Å². The molecule has 0 bridgehead atoms. The Kier molecular flexibility index (Phi) is 6.26. The third kappa shape index (κ3) is 6.28. The lowest BCUT2D eigenvalue weighted by molar-refractivity contribution is 0.112. The molecule has 0 aromatic heterocycles. The fraction of sp³-hybridized carbons (Fsp3) is 0.533. The average molecular weight is 249 g/mol. The van der Waals surface area contributed by atoms with E-state index in [1.165, 1.54) is 5.56 Å². The van der Waals surface area contributed by atoms with Gasteiger partial charge in [-0.15, -0.1) is 0 Å². The van der Waals surface area contributed by atoms with Gasteiger partial charge in [0, 0.05) is 6.04 Å². The molecule has 0 heterocycles. The van der Waals surface area contributed by atoms with Gasteiger partial charge >= 0.3 is 6.09 Å². The van der Waals surface area contributed by atoms with Gasteiger partial charge in [0.2, 0.25) is 0 Å². The highest BCUT2D eigenvalue weighted by molar-refractivity contribution is 5.67. The van der Waals surface area contributed by atoms with Crippen molar-refractivity contribution in [2.45, 2.75) is 52.2 Å². The predicted octanol–water partition coefficient (Wildman–Crippen LogP) is 3.53. The second-order valence-corrected chi connectivity index (χ2v) is 4.88. The van der Waals surface area contributed by atoms with Crippen LogP contribution in [-0.2, 0) is 11.2 Å². The smallest absolute Gasteiger partial charge is 0.407 e. The molecule has 0 aliphatic rings. The first-order chi connectivity index (χ1) is 8.58. The van der Waals surface area contributed by atoms with Gasteiger partial charge < -0.3 is 10.1 Å². The van der Waals surface area contributed by atoms with E-state index in [2.05, 4.69) is 29.6 Å². The SMILES string of the molecule is CC(CCCc1ccccc1)NC(=O)OC(C)C. The highest BCUT2D eigenvalue weighted by Gasteiger charge is 2.09. The highest BCUT2D eigenvalue weighted by Crippen LogP contribution is 2.06. The van der Waals surface area contributed by atoms with E-state index in [1.807, 2.05) is 26.8 Å². The van der Waals surface area contributed by atoms with E-state index in [9.17, 15) is 4.79 Å². The molecule has 0 radical (unpaired) electrons. The van der Waals surface area contributed by atoms with Crippen molar-refractivity contribution >= 4 is 6.09 Å². The van der Waals surface area contributed by atoms with Crippen molar-refractivity contribution in [1.82, 2.24) is 5.32 Å². The maximum Gasteiger partial charge on any atom is 0.407 e. The van der Waals surface area contributed by atoms with Gasteiger partial charge in [0.05, 0.1) is 6.10 Å². The first-order valence-corrected chi connectivity index (χ1v) is 6.59. The Morgan fingerprint density at radius 3 is 2.50 bits per heavy atom. The molecule has 3 heteroatoms. The van der Waals surface area contributed by atoms with Crippen molar-refractivity contribution in [3.8, 4) is 0 Å². The zero-order chi connectivity index (χ0) is 13.4. The Morgan fingerprint density at radius 2 is 1.89 bits per heavy atom. The summed E-state index contributed by atoms with van der Waals surface area (Å²) in [6.45, 7) is 5.70. The monoisotopic (exact) mass is 249 g/mol. The molecule has 1 aromatic carbocycles. The summed E-state index contributed by atoms with van der Waals surface area (Å²) in [6.07, 6.45) is 2.68. The summed E-state index contributed by atoms with van der Waals surface area (Å²) >= 11 is 0. The molecular formula is C15H23NO2. The fourth-order valence-corrected chi connectivity index (χ4v) is 1.78. The molecule has 1 rings (SSSR count). The molecule has 18 heavy (non-hydrogen) atoms. The topological polar surface area (TPSA) is 38.3 Å². The Hall–Kier alpha value is -1.51. The molecule has 1 atom stereocenters. The van der Waals surface area contributed by atoms with Crippen LogP contribution in [-0.4, -0.2) is 18.2 Å². The summed E-state index contributed by atoms with van der Waals surface area (Å²) in [7, 11) is 0. The number of aryl methyl sites for hydroxylation is 1. The van der Waals surface area contributed by atoms with Crippen molar-refractivity contribution in [1.29, 1.82) is 0 Å². The Labute approximate surface area is 110 Å². The van der Waals surface area contributed by atoms with E-state index in [-0.39, 0.29) is 18.2 Å². The largest absolute Gasteiger partial charge is 0.447 e. The number of carbonyl (C=O) groups excluding carboxylic acids is 1. The average Bonchev–Trinajstić information content (AvgIpc) is 2.29. The maximum absolute atomic E-state index is 11.4. The molecule has 0 spiro atoms. The number of ether oxygens (including phenoxy) is 1. The molecular weight excluding hydrogens is 226 g/mol. The molecule has 0 aliphatic carbocycles. The Morgan fingerprint density at radius 1 is 1.22 bits per heavy atom. The number of rotatable bonds is 6. The molecule has 0 aliphatic heterocycles. The number of benzene rings is 1. The van der Waals surface area contributed by atoms with E-state index in [0.717, 1.165) is 19.3 Å². The number of carbonyl (C=O) groups is 1. The van der Waals surface area contributed by atoms with E-state index in [0.29, 0.717) is 0 Å². The lowest BCUT2D eigenvalue weighted by Crippen LogP contribution is -2.34. The van der Waals surface area contributed by atoms with Crippen molar-refractivity contribution in [2.75, 3.05) is 0 Å². The molecule has 100 valence electrons. The molecule has 0 saturated heterocycles. The Balaban J connectivity index is 2.17. The van der Waals surface area contributed by atoms with Gasteiger partial charge in [0.25, 0.3) is 0 Å². The number of hydrogen-bond donors (Lipinski definition) is 1. The first-order valence-electron chi connectivity index (χ1n) is 6.59. The normalized spacial score (nSPS) is 12.2. The summed E-state index contributed by atoms with van der Waals surface area (Å²) in [6, 6.07) is 10.5. The van der Waals surface area contributed by atoms with Crippen LogP contribution >= 0.6 is 0 Å². The lowest BCUT2D eigenvalue weighted by Gasteiger charge is -2.15. The minimum atomic E-state index is -0.322. The Bertz CT molecular complexity index is 349. The quantitative estimate of drug-likeness (QED) is 0.837. The van der Waals surface area contributed by atoms with E-state index in [4.69, 9.17) is 4.74 Å². The number of alkyl carbamates (subject to hydrolysis) is 1. The lowest BCUT2D eigenvalue weighted by atomic mass is 10.1. The molecule has 3 nitrogen and oxygen atoms in total. The van der Waals surface area contributed by atoms with Gasteiger partial charge in [0.1, 0.15) is 0 Å². The standard InChI is InChI=1S/C15H23NO2/c1-12(2)18-15(17)16-13(3)8-7-11-14-9-5-4-6-10-14/h4-6,9-10,12-13H,7-8,11H2,1-3H3,(H,16,17). The summed E-state index contributed by atoms with van der Waals surface area (Å²) in [5.74, 6) is 0. The number of nitrogens with one attached hydrogen (secondary N) is 1.